The largest absolute Gasteiger partial charge is 0.312 e. The number of amidine groups is 1. The predicted octanol–water partition coefficient (Wildman–Crippen LogP) is 2.67. The highest BCUT2D eigenvalue weighted by Crippen LogP contribution is 2.28. The summed E-state index contributed by atoms with van der Waals surface area (Å²) in [6.07, 6.45) is 5.53. The molecular weight excluding hydrogens is 337 g/mol. The summed E-state index contributed by atoms with van der Waals surface area (Å²) < 4.78 is 0. The number of nitrogens with zero attached hydrogens (tertiary/aromatic N) is 4. The smallest absolute Gasteiger partial charge is 0.229 e. The Morgan fingerprint density at radius 2 is 2.00 bits per heavy atom. The van der Waals surface area contributed by atoms with Crippen molar-refractivity contribution in [1.29, 1.82) is 0 Å². The van der Waals surface area contributed by atoms with Crippen LogP contribution in [0, 0.1) is 0 Å². The van der Waals surface area contributed by atoms with Gasteiger partial charge in [0.2, 0.25) is 5.91 Å². The van der Waals surface area contributed by atoms with Crippen LogP contribution < -0.4 is 10.3 Å². The van der Waals surface area contributed by atoms with Gasteiger partial charge >= 0.3 is 0 Å². The van der Waals surface area contributed by atoms with E-state index < -0.39 is 0 Å². The van der Waals surface area contributed by atoms with Crippen molar-refractivity contribution < 1.29 is 4.79 Å². The van der Waals surface area contributed by atoms with E-state index in [1.54, 1.807) is 29.5 Å². The number of anilines is 1. The van der Waals surface area contributed by atoms with Gasteiger partial charge in [-0.1, -0.05) is 23.2 Å². The molecule has 0 saturated carbocycles. The zero-order valence-corrected chi connectivity index (χ0v) is 13.6. The number of carbonyl (C=O) groups excluding carboxylic acids is 1. The first-order valence-electron chi connectivity index (χ1n) is 6.95. The summed E-state index contributed by atoms with van der Waals surface area (Å²) in [5.41, 5.74) is 1.59. The second kappa shape index (κ2) is 6.93. The number of hydrogen-bond acceptors (Lipinski definition) is 5. The molecule has 0 radical (unpaired) electrons. The number of halogens is 2. The fourth-order valence-corrected chi connectivity index (χ4v) is 2.48. The van der Waals surface area contributed by atoms with Gasteiger partial charge in [-0.3, -0.25) is 9.80 Å². The molecule has 3 rings (SSSR count). The molecule has 1 aromatic carbocycles. The Kier molecular flexibility index (Phi) is 4.73. The molecule has 0 aliphatic carbocycles. The molecule has 118 valence electrons. The van der Waals surface area contributed by atoms with Crippen LogP contribution in [-0.2, 0) is 11.2 Å². The van der Waals surface area contributed by atoms with Crippen molar-refractivity contribution in [1.82, 2.24) is 15.3 Å². The molecule has 8 heteroatoms. The minimum Gasteiger partial charge on any atom is -0.312 e. The fraction of sp³-hybridized carbons (Fsp3) is 0.200. The van der Waals surface area contributed by atoms with E-state index in [0.717, 1.165) is 11.3 Å². The van der Waals surface area contributed by atoms with Gasteiger partial charge in [0, 0.05) is 25.4 Å². The summed E-state index contributed by atoms with van der Waals surface area (Å²) in [6, 6.07) is 5.31. The van der Waals surface area contributed by atoms with Crippen LogP contribution in [0.5, 0.6) is 0 Å². The Morgan fingerprint density at radius 3 is 2.74 bits per heavy atom. The number of aromatic nitrogens is 2. The minimum atomic E-state index is -0.144. The molecule has 1 aliphatic heterocycles. The van der Waals surface area contributed by atoms with E-state index in [1.165, 1.54) is 6.33 Å². The van der Waals surface area contributed by atoms with Crippen molar-refractivity contribution in [2.24, 2.45) is 5.10 Å². The number of carbonyl (C=O) groups is 1. The first-order chi connectivity index (χ1) is 11.1. The van der Waals surface area contributed by atoms with Crippen LogP contribution in [0.2, 0.25) is 10.0 Å². The van der Waals surface area contributed by atoms with Gasteiger partial charge in [0.05, 0.1) is 22.2 Å². The summed E-state index contributed by atoms with van der Waals surface area (Å²) >= 11 is 11.9. The lowest BCUT2D eigenvalue weighted by molar-refractivity contribution is -0.119. The van der Waals surface area contributed by atoms with E-state index in [2.05, 4.69) is 20.4 Å². The van der Waals surface area contributed by atoms with E-state index >= 15 is 0 Å². The quantitative estimate of drug-likeness (QED) is 0.924. The van der Waals surface area contributed by atoms with Crippen LogP contribution >= 0.6 is 23.2 Å². The highest BCUT2D eigenvalue weighted by atomic mass is 35.5. The molecule has 2 heterocycles. The maximum Gasteiger partial charge on any atom is 0.229 e. The van der Waals surface area contributed by atoms with Gasteiger partial charge in [0.25, 0.3) is 0 Å². The van der Waals surface area contributed by atoms with Gasteiger partial charge in [-0.15, -0.1) is 0 Å². The minimum absolute atomic E-state index is 0.144. The summed E-state index contributed by atoms with van der Waals surface area (Å²) in [5, 5.41) is 9.96. The molecule has 23 heavy (non-hydrogen) atoms. The van der Waals surface area contributed by atoms with E-state index in [0.29, 0.717) is 28.8 Å². The van der Waals surface area contributed by atoms with Crippen LogP contribution in [0.4, 0.5) is 5.69 Å². The molecule has 0 spiro atoms. The van der Waals surface area contributed by atoms with Crippen molar-refractivity contribution in [3.63, 3.8) is 0 Å². The summed E-state index contributed by atoms with van der Waals surface area (Å²) in [4.78, 5) is 19.8. The normalized spacial score (nSPS) is 13.8. The highest BCUT2D eigenvalue weighted by molar-refractivity contribution is 6.42. The summed E-state index contributed by atoms with van der Waals surface area (Å²) in [7, 11) is 0. The first kappa shape index (κ1) is 15.7. The lowest BCUT2D eigenvalue weighted by atomic mass is 10.2. The van der Waals surface area contributed by atoms with Crippen molar-refractivity contribution in [2.45, 2.75) is 12.8 Å². The molecule has 0 fully saturated rings. The average Bonchev–Trinajstić information content (AvgIpc) is 2.99. The number of hydrazone groups is 1. The third kappa shape index (κ3) is 3.97. The number of hydrogen-bond donors (Lipinski definition) is 1. The Hall–Kier alpha value is -2.18. The third-order valence-corrected chi connectivity index (χ3v) is 4.00. The predicted molar refractivity (Wildman–Crippen MR) is 89.7 cm³/mol. The van der Waals surface area contributed by atoms with Gasteiger partial charge in [-0.05, 0) is 23.8 Å². The SMILES string of the molecule is O=C(Cc1cncnc1)NC1=NN(c2ccc(Cl)c(Cl)c2)CC1. The molecule has 1 aromatic heterocycles. The molecule has 1 amide bonds. The van der Waals surface area contributed by atoms with Gasteiger partial charge in [-0.2, -0.15) is 5.10 Å². The van der Waals surface area contributed by atoms with Gasteiger partial charge in [0.15, 0.2) is 0 Å². The lowest BCUT2D eigenvalue weighted by Gasteiger charge is -2.13. The van der Waals surface area contributed by atoms with Crippen molar-refractivity contribution >= 4 is 40.6 Å². The number of rotatable bonds is 3. The molecule has 1 aliphatic rings. The van der Waals surface area contributed by atoms with Crippen LogP contribution in [-0.4, -0.2) is 28.3 Å². The van der Waals surface area contributed by atoms with Crippen molar-refractivity contribution in [2.75, 3.05) is 11.6 Å². The number of benzene rings is 1. The second-order valence-corrected chi connectivity index (χ2v) is 5.80. The lowest BCUT2D eigenvalue weighted by Crippen LogP contribution is -2.30. The molecule has 6 nitrogen and oxygen atoms in total. The average molecular weight is 350 g/mol. The van der Waals surface area contributed by atoms with Crippen LogP contribution in [0.25, 0.3) is 0 Å². The molecule has 2 aromatic rings. The van der Waals surface area contributed by atoms with Gasteiger partial charge < -0.3 is 5.32 Å². The summed E-state index contributed by atoms with van der Waals surface area (Å²) in [6.45, 7) is 0.669. The van der Waals surface area contributed by atoms with Crippen LogP contribution in [0.3, 0.4) is 0 Å². The fourth-order valence-electron chi connectivity index (χ4n) is 2.19. The number of nitrogens with one attached hydrogen (secondary N) is 1. The van der Waals surface area contributed by atoms with E-state index in [4.69, 9.17) is 23.2 Å². The third-order valence-electron chi connectivity index (χ3n) is 3.27. The maximum atomic E-state index is 12.0. The topological polar surface area (TPSA) is 70.5 Å². The Morgan fingerprint density at radius 1 is 1.22 bits per heavy atom. The molecule has 0 unspecified atom stereocenters. The van der Waals surface area contributed by atoms with Crippen LogP contribution in [0.15, 0.2) is 42.0 Å². The number of amides is 1. The van der Waals surface area contributed by atoms with Gasteiger partial charge in [-0.25, -0.2) is 9.97 Å². The summed E-state index contributed by atoms with van der Waals surface area (Å²) in [5.74, 6) is 0.479. The van der Waals surface area contributed by atoms with E-state index in [1.807, 2.05) is 6.07 Å². The molecule has 0 bridgehead atoms. The Balaban J connectivity index is 1.63. The molecule has 1 N–H and O–H groups in total. The first-order valence-corrected chi connectivity index (χ1v) is 7.71. The van der Waals surface area contributed by atoms with Gasteiger partial charge in [0.1, 0.15) is 12.2 Å². The Bertz CT molecular complexity index is 751. The van der Waals surface area contributed by atoms with E-state index in [9.17, 15) is 4.79 Å². The zero-order valence-electron chi connectivity index (χ0n) is 12.0. The van der Waals surface area contributed by atoms with E-state index in [-0.39, 0.29) is 12.3 Å². The molecule has 0 atom stereocenters. The zero-order chi connectivity index (χ0) is 16.2. The Labute approximate surface area is 143 Å². The van der Waals surface area contributed by atoms with Crippen LogP contribution in [0.1, 0.15) is 12.0 Å². The monoisotopic (exact) mass is 349 g/mol. The van der Waals surface area contributed by atoms with Crippen molar-refractivity contribution in [3.8, 4) is 0 Å². The molecule has 0 saturated heterocycles. The highest BCUT2D eigenvalue weighted by Gasteiger charge is 2.18. The second-order valence-electron chi connectivity index (χ2n) is 4.99. The molecular formula is C15H13Cl2N5O. The van der Waals surface area contributed by atoms with Crippen molar-refractivity contribution in [3.05, 3.63) is 52.5 Å². The maximum absolute atomic E-state index is 12.0. The standard InChI is InChI=1S/C15H13Cl2N5O/c16-12-2-1-11(6-13(12)17)22-4-3-14(21-22)20-15(23)5-10-7-18-9-19-8-10/h1-2,6-9H,3-5H2,(H,20,21,23).